The number of nitrogens with one attached hydrogen (secondary N) is 2. The molecule has 0 radical (unpaired) electrons. The molecule has 1 aliphatic heterocycles. The summed E-state index contributed by atoms with van der Waals surface area (Å²) in [6, 6.07) is 7.55. The molecule has 0 aromatic heterocycles. The molecule has 1 saturated heterocycles. The molecule has 1 amide bonds. The second-order valence-corrected chi connectivity index (χ2v) is 3.89. The van der Waals surface area contributed by atoms with E-state index in [9.17, 15) is 4.79 Å². The average molecular weight is 236 g/mol. The van der Waals surface area contributed by atoms with E-state index in [1.54, 1.807) is 7.11 Å². The smallest absolute Gasteiger partial charge is 0.238 e. The Labute approximate surface area is 100 Å². The summed E-state index contributed by atoms with van der Waals surface area (Å²) >= 11 is 0. The van der Waals surface area contributed by atoms with Crippen LogP contribution in [0.1, 0.15) is 0 Å². The Morgan fingerprint density at radius 3 is 2.65 bits per heavy atom. The third-order valence-corrected chi connectivity index (χ3v) is 2.56. The van der Waals surface area contributed by atoms with Gasteiger partial charge in [0.1, 0.15) is 5.75 Å². The summed E-state index contributed by atoms with van der Waals surface area (Å²) < 4.78 is 10.0. The van der Waals surface area contributed by atoms with Gasteiger partial charge < -0.3 is 20.1 Å². The van der Waals surface area contributed by atoms with Gasteiger partial charge in [-0.05, 0) is 24.3 Å². The lowest BCUT2D eigenvalue weighted by atomic mass is 10.2. The molecule has 2 rings (SSSR count). The monoisotopic (exact) mass is 236 g/mol. The van der Waals surface area contributed by atoms with E-state index < -0.39 is 0 Å². The van der Waals surface area contributed by atoms with Crippen molar-refractivity contribution in [3.8, 4) is 5.75 Å². The minimum Gasteiger partial charge on any atom is -0.497 e. The predicted octanol–water partition coefficient (Wildman–Crippen LogP) is 0.622. The van der Waals surface area contributed by atoms with Gasteiger partial charge in [0.05, 0.1) is 32.9 Å². The number of anilines is 1. The van der Waals surface area contributed by atoms with E-state index in [4.69, 9.17) is 9.47 Å². The van der Waals surface area contributed by atoms with Gasteiger partial charge in [-0.1, -0.05) is 0 Å². The molecule has 92 valence electrons. The van der Waals surface area contributed by atoms with Crippen LogP contribution < -0.4 is 15.4 Å². The van der Waals surface area contributed by atoms with Crippen LogP contribution in [0.15, 0.2) is 24.3 Å². The Morgan fingerprint density at radius 1 is 1.41 bits per heavy atom. The summed E-state index contributed by atoms with van der Waals surface area (Å²) in [6.07, 6.45) is 0. The second-order valence-electron chi connectivity index (χ2n) is 3.89. The van der Waals surface area contributed by atoms with Crippen molar-refractivity contribution in [3.05, 3.63) is 24.3 Å². The summed E-state index contributed by atoms with van der Waals surface area (Å²) in [5.74, 6) is 0.717. The van der Waals surface area contributed by atoms with E-state index in [-0.39, 0.29) is 5.91 Å². The molecule has 0 saturated carbocycles. The zero-order chi connectivity index (χ0) is 12.1. The van der Waals surface area contributed by atoms with E-state index in [2.05, 4.69) is 10.6 Å². The largest absolute Gasteiger partial charge is 0.497 e. The van der Waals surface area contributed by atoms with Crippen molar-refractivity contribution < 1.29 is 14.3 Å². The fourth-order valence-corrected chi connectivity index (χ4v) is 1.47. The van der Waals surface area contributed by atoms with Crippen molar-refractivity contribution in [2.24, 2.45) is 0 Å². The highest BCUT2D eigenvalue weighted by atomic mass is 16.5. The van der Waals surface area contributed by atoms with E-state index in [1.165, 1.54) is 0 Å². The van der Waals surface area contributed by atoms with E-state index >= 15 is 0 Å². The number of hydrogen-bond donors (Lipinski definition) is 2. The Hall–Kier alpha value is -1.59. The fourth-order valence-electron chi connectivity index (χ4n) is 1.47. The van der Waals surface area contributed by atoms with Gasteiger partial charge >= 0.3 is 0 Å². The molecule has 0 aliphatic carbocycles. The lowest BCUT2D eigenvalue weighted by Crippen LogP contribution is -2.48. The molecule has 1 aliphatic rings. The molecule has 0 unspecified atom stereocenters. The Bertz CT molecular complexity index is 374. The number of benzene rings is 1. The van der Waals surface area contributed by atoms with Crippen LogP contribution in [-0.2, 0) is 9.53 Å². The minimum absolute atomic E-state index is 0.0536. The molecule has 17 heavy (non-hydrogen) atoms. The fraction of sp³-hybridized carbons (Fsp3) is 0.417. The first-order valence-corrected chi connectivity index (χ1v) is 5.53. The van der Waals surface area contributed by atoms with Crippen molar-refractivity contribution >= 4 is 11.6 Å². The van der Waals surface area contributed by atoms with Crippen LogP contribution >= 0.6 is 0 Å². The SMILES string of the molecule is COc1ccc(NC(=O)CNC2COC2)cc1. The highest BCUT2D eigenvalue weighted by Gasteiger charge is 2.18. The zero-order valence-corrected chi connectivity index (χ0v) is 9.73. The zero-order valence-electron chi connectivity index (χ0n) is 9.73. The molecule has 0 atom stereocenters. The van der Waals surface area contributed by atoms with Gasteiger partial charge in [0.25, 0.3) is 0 Å². The third kappa shape index (κ3) is 3.44. The van der Waals surface area contributed by atoms with E-state index in [0.717, 1.165) is 11.4 Å². The van der Waals surface area contributed by atoms with Gasteiger partial charge in [-0.2, -0.15) is 0 Å². The van der Waals surface area contributed by atoms with Crippen molar-refractivity contribution in [1.82, 2.24) is 5.32 Å². The van der Waals surface area contributed by atoms with Crippen LogP contribution in [0.3, 0.4) is 0 Å². The van der Waals surface area contributed by atoms with Crippen LogP contribution in [-0.4, -0.2) is 38.8 Å². The summed E-state index contributed by atoms with van der Waals surface area (Å²) in [7, 11) is 1.61. The average Bonchev–Trinajstić information content (AvgIpc) is 2.28. The molecule has 0 bridgehead atoms. The van der Waals surface area contributed by atoms with Gasteiger partial charge in [0.15, 0.2) is 0 Å². The van der Waals surface area contributed by atoms with E-state index in [1.807, 2.05) is 24.3 Å². The maximum Gasteiger partial charge on any atom is 0.238 e. The van der Waals surface area contributed by atoms with Gasteiger partial charge in [-0.25, -0.2) is 0 Å². The second kappa shape index (κ2) is 5.65. The van der Waals surface area contributed by atoms with E-state index in [0.29, 0.717) is 25.8 Å². The Kier molecular flexibility index (Phi) is 3.95. The molecule has 1 aromatic carbocycles. The quantitative estimate of drug-likeness (QED) is 0.787. The van der Waals surface area contributed by atoms with Gasteiger partial charge in [0, 0.05) is 5.69 Å². The van der Waals surface area contributed by atoms with Crippen LogP contribution in [0, 0.1) is 0 Å². The summed E-state index contributed by atoms with van der Waals surface area (Å²) in [5.41, 5.74) is 0.766. The number of rotatable bonds is 5. The summed E-state index contributed by atoms with van der Waals surface area (Å²) in [4.78, 5) is 11.6. The number of carbonyl (C=O) groups is 1. The molecule has 5 nitrogen and oxygen atoms in total. The van der Waals surface area contributed by atoms with Gasteiger partial charge in [-0.3, -0.25) is 4.79 Å². The molecule has 1 aromatic rings. The number of hydrogen-bond acceptors (Lipinski definition) is 4. The van der Waals surface area contributed by atoms with Crippen LogP contribution in [0.4, 0.5) is 5.69 Å². The topological polar surface area (TPSA) is 59.6 Å². The predicted molar refractivity (Wildman–Crippen MR) is 64.2 cm³/mol. The van der Waals surface area contributed by atoms with Gasteiger partial charge in [-0.15, -0.1) is 0 Å². The summed E-state index contributed by atoms with van der Waals surface area (Å²) in [5, 5.41) is 5.90. The molecule has 5 heteroatoms. The Balaban J connectivity index is 1.76. The highest BCUT2D eigenvalue weighted by molar-refractivity contribution is 5.92. The first kappa shape index (κ1) is 11.9. The molecular formula is C12H16N2O3. The van der Waals surface area contributed by atoms with Crippen molar-refractivity contribution in [3.63, 3.8) is 0 Å². The molecule has 1 heterocycles. The molecule has 2 N–H and O–H groups in total. The minimum atomic E-state index is -0.0536. The number of methoxy groups -OCH3 is 1. The standard InChI is InChI=1S/C12H16N2O3/c1-16-11-4-2-9(3-5-11)14-12(15)6-13-10-7-17-8-10/h2-5,10,13H,6-8H2,1H3,(H,14,15). The van der Waals surface area contributed by atoms with Gasteiger partial charge in [0.2, 0.25) is 5.91 Å². The number of amides is 1. The highest BCUT2D eigenvalue weighted by Crippen LogP contribution is 2.14. The third-order valence-electron chi connectivity index (χ3n) is 2.56. The maximum absolute atomic E-state index is 11.6. The van der Waals surface area contributed by atoms with Crippen LogP contribution in [0.25, 0.3) is 0 Å². The summed E-state index contributed by atoms with van der Waals surface area (Å²) in [6.45, 7) is 1.69. The number of carbonyl (C=O) groups excluding carboxylic acids is 1. The first-order chi connectivity index (χ1) is 8.28. The molecular weight excluding hydrogens is 220 g/mol. The van der Waals surface area contributed by atoms with Crippen molar-refractivity contribution in [1.29, 1.82) is 0 Å². The lowest BCUT2D eigenvalue weighted by molar-refractivity contribution is -0.116. The lowest BCUT2D eigenvalue weighted by Gasteiger charge is -2.26. The van der Waals surface area contributed by atoms with Crippen LogP contribution in [0.5, 0.6) is 5.75 Å². The van der Waals surface area contributed by atoms with Crippen molar-refractivity contribution in [2.45, 2.75) is 6.04 Å². The number of ether oxygens (including phenoxy) is 2. The normalized spacial score (nSPS) is 15.1. The molecule has 0 spiro atoms. The maximum atomic E-state index is 11.6. The molecule has 1 fully saturated rings. The van der Waals surface area contributed by atoms with Crippen molar-refractivity contribution in [2.75, 3.05) is 32.2 Å². The Morgan fingerprint density at radius 2 is 2.12 bits per heavy atom. The first-order valence-electron chi connectivity index (χ1n) is 5.53. The van der Waals surface area contributed by atoms with Crippen LogP contribution in [0.2, 0.25) is 0 Å².